The molecule has 0 fully saturated rings. The van der Waals surface area contributed by atoms with Crippen LogP contribution in [0.25, 0.3) is 0 Å². The minimum absolute atomic E-state index is 0.0525. The smallest absolute Gasteiger partial charge is 0.244 e. The van der Waals surface area contributed by atoms with E-state index in [2.05, 4.69) is 4.72 Å². The SMILES string of the molecule is COc1ccc(OC)c(S(=O)(=O)NCCc2ccc(N)cc2)c1. The number of sulfonamides is 1. The van der Waals surface area contributed by atoms with Crippen LogP contribution in [0.3, 0.4) is 0 Å². The molecule has 7 heteroatoms. The van der Waals surface area contributed by atoms with Crippen molar-refractivity contribution < 1.29 is 17.9 Å². The van der Waals surface area contributed by atoms with E-state index in [-0.39, 0.29) is 17.2 Å². The highest BCUT2D eigenvalue weighted by atomic mass is 32.2. The molecule has 3 N–H and O–H groups in total. The van der Waals surface area contributed by atoms with Crippen LogP contribution in [0, 0.1) is 0 Å². The van der Waals surface area contributed by atoms with Crippen molar-refractivity contribution in [2.45, 2.75) is 11.3 Å². The first-order chi connectivity index (χ1) is 11.0. The van der Waals surface area contributed by atoms with Crippen LogP contribution in [0.15, 0.2) is 47.4 Å². The molecule has 124 valence electrons. The fraction of sp³-hybridized carbons (Fsp3) is 0.250. The molecular formula is C16H20N2O4S. The molecule has 0 aliphatic rings. The van der Waals surface area contributed by atoms with Gasteiger partial charge >= 0.3 is 0 Å². The second-order valence-corrected chi connectivity index (χ2v) is 6.64. The van der Waals surface area contributed by atoms with Gasteiger partial charge in [-0.3, -0.25) is 0 Å². The highest BCUT2D eigenvalue weighted by Gasteiger charge is 2.20. The van der Waals surface area contributed by atoms with Crippen LogP contribution >= 0.6 is 0 Å². The van der Waals surface area contributed by atoms with E-state index in [9.17, 15) is 8.42 Å². The van der Waals surface area contributed by atoms with E-state index in [0.29, 0.717) is 17.9 Å². The highest BCUT2D eigenvalue weighted by molar-refractivity contribution is 7.89. The highest BCUT2D eigenvalue weighted by Crippen LogP contribution is 2.27. The maximum atomic E-state index is 12.5. The summed E-state index contributed by atoms with van der Waals surface area (Å²) in [5.74, 6) is 0.718. The summed E-state index contributed by atoms with van der Waals surface area (Å²) in [6, 6.07) is 12.0. The first-order valence-electron chi connectivity index (χ1n) is 7.02. The molecule has 0 unspecified atom stereocenters. The fourth-order valence-corrected chi connectivity index (χ4v) is 3.30. The minimum atomic E-state index is -3.69. The Balaban J connectivity index is 2.10. The van der Waals surface area contributed by atoms with Crippen LogP contribution < -0.4 is 19.9 Å². The minimum Gasteiger partial charge on any atom is -0.497 e. The molecule has 2 rings (SSSR count). The molecule has 0 spiro atoms. The standard InChI is InChI=1S/C16H20N2O4S/c1-21-14-7-8-15(22-2)16(11-14)23(19,20)18-10-9-12-3-5-13(17)6-4-12/h3-8,11,18H,9-10,17H2,1-2H3. The Morgan fingerprint density at radius 2 is 1.74 bits per heavy atom. The Morgan fingerprint density at radius 1 is 1.04 bits per heavy atom. The Morgan fingerprint density at radius 3 is 2.35 bits per heavy atom. The zero-order valence-electron chi connectivity index (χ0n) is 13.1. The number of nitrogens with one attached hydrogen (secondary N) is 1. The van der Waals surface area contributed by atoms with Gasteiger partial charge in [0.1, 0.15) is 16.4 Å². The molecule has 0 aliphatic heterocycles. The topological polar surface area (TPSA) is 90.6 Å². The van der Waals surface area contributed by atoms with Crippen molar-refractivity contribution in [3.05, 3.63) is 48.0 Å². The Bertz CT molecular complexity index is 758. The number of nitrogen functional groups attached to an aromatic ring is 1. The summed E-state index contributed by atoms with van der Waals surface area (Å²) in [6.45, 7) is 0.270. The summed E-state index contributed by atoms with van der Waals surface area (Å²) in [7, 11) is -0.789. The first kappa shape index (κ1) is 17.1. The van der Waals surface area contributed by atoms with Gasteiger partial charge < -0.3 is 15.2 Å². The molecule has 0 atom stereocenters. The zero-order chi connectivity index (χ0) is 16.9. The van der Waals surface area contributed by atoms with Gasteiger partial charge in [0, 0.05) is 18.3 Å². The van der Waals surface area contributed by atoms with Crippen molar-refractivity contribution in [2.24, 2.45) is 0 Å². The van der Waals surface area contributed by atoms with E-state index in [1.807, 2.05) is 12.1 Å². The molecule has 0 aromatic heterocycles. The lowest BCUT2D eigenvalue weighted by molar-refractivity contribution is 0.392. The molecule has 6 nitrogen and oxygen atoms in total. The Kier molecular flexibility index (Phi) is 5.46. The summed E-state index contributed by atoms with van der Waals surface area (Å²) in [6.07, 6.45) is 0.561. The molecule has 23 heavy (non-hydrogen) atoms. The van der Waals surface area contributed by atoms with Gasteiger partial charge in [0.25, 0.3) is 0 Å². The van der Waals surface area contributed by atoms with Crippen molar-refractivity contribution in [2.75, 3.05) is 26.5 Å². The number of nitrogens with two attached hydrogens (primary N) is 1. The number of methoxy groups -OCH3 is 2. The molecular weight excluding hydrogens is 316 g/mol. The monoisotopic (exact) mass is 336 g/mol. The molecule has 0 heterocycles. The van der Waals surface area contributed by atoms with Crippen molar-refractivity contribution in [3.8, 4) is 11.5 Å². The van der Waals surface area contributed by atoms with Crippen LogP contribution in [0.5, 0.6) is 11.5 Å². The van der Waals surface area contributed by atoms with Crippen LogP contribution in [-0.2, 0) is 16.4 Å². The lowest BCUT2D eigenvalue weighted by atomic mass is 10.1. The van der Waals surface area contributed by atoms with Crippen LogP contribution in [0.4, 0.5) is 5.69 Å². The maximum absolute atomic E-state index is 12.5. The molecule has 0 saturated heterocycles. The molecule has 0 aliphatic carbocycles. The van der Waals surface area contributed by atoms with E-state index in [1.54, 1.807) is 24.3 Å². The quantitative estimate of drug-likeness (QED) is 0.753. The van der Waals surface area contributed by atoms with E-state index in [0.717, 1.165) is 5.56 Å². The third-order valence-corrected chi connectivity index (χ3v) is 4.83. The lowest BCUT2D eigenvalue weighted by Gasteiger charge is -2.12. The van der Waals surface area contributed by atoms with E-state index in [1.165, 1.54) is 20.3 Å². The number of rotatable bonds is 7. The fourth-order valence-electron chi connectivity index (χ4n) is 2.09. The van der Waals surface area contributed by atoms with Crippen LogP contribution in [0.1, 0.15) is 5.56 Å². The number of hydrogen-bond donors (Lipinski definition) is 2. The predicted molar refractivity (Wildman–Crippen MR) is 89.3 cm³/mol. The van der Waals surface area contributed by atoms with Gasteiger partial charge in [0.05, 0.1) is 14.2 Å². The maximum Gasteiger partial charge on any atom is 0.244 e. The number of benzene rings is 2. The Hall–Kier alpha value is -2.25. The third kappa shape index (κ3) is 4.37. The predicted octanol–water partition coefficient (Wildman–Crippen LogP) is 1.81. The van der Waals surface area contributed by atoms with Gasteiger partial charge in [-0.1, -0.05) is 12.1 Å². The number of ether oxygens (including phenoxy) is 2. The van der Waals surface area contributed by atoms with Crippen molar-refractivity contribution >= 4 is 15.7 Å². The molecule has 2 aromatic carbocycles. The average molecular weight is 336 g/mol. The van der Waals surface area contributed by atoms with Crippen molar-refractivity contribution in [1.82, 2.24) is 4.72 Å². The van der Waals surface area contributed by atoms with Gasteiger partial charge in [-0.2, -0.15) is 0 Å². The lowest BCUT2D eigenvalue weighted by Crippen LogP contribution is -2.26. The number of anilines is 1. The average Bonchev–Trinajstić information content (AvgIpc) is 2.56. The molecule has 0 saturated carbocycles. The van der Waals surface area contributed by atoms with Gasteiger partial charge in [-0.15, -0.1) is 0 Å². The zero-order valence-corrected chi connectivity index (χ0v) is 13.9. The van der Waals surface area contributed by atoms with Crippen molar-refractivity contribution in [3.63, 3.8) is 0 Å². The summed E-state index contributed by atoms with van der Waals surface area (Å²) in [5.41, 5.74) is 7.30. The van der Waals surface area contributed by atoms with Gasteiger partial charge in [0.2, 0.25) is 10.0 Å². The van der Waals surface area contributed by atoms with Crippen LogP contribution in [0.2, 0.25) is 0 Å². The van der Waals surface area contributed by atoms with E-state index >= 15 is 0 Å². The van der Waals surface area contributed by atoms with Gasteiger partial charge in [-0.25, -0.2) is 13.1 Å². The first-order valence-corrected chi connectivity index (χ1v) is 8.50. The van der Waals surface area contributed by atoms with Crippen LogP contribution in [-0.4, -0.2) is 29.2 Å². The second kappa shape index (κ2) is 7.34. The van der Waals surface area contributed by atoms with Gasteiger partial charge in [0.15, 0.2) is 0 Å². The second-order valence-electron chi connectivity index (χ2n) is 4.91. The summed E-state index contributed by atoms with van der Waals surface area (Å²) in [5, 5.41) is 0. The molecule has 0 amide bonds. The molecule has 0 radical (unpaired) electrons. The third-order valence-electron chi connectivity index (χ3n) is 3.35. The summed E-state index contributed by atoms with van der Waals surface area (Å²) < 4.78 is 37.7. The summed E-state index contributed by atoms with van der Waals surface area (Å²) >= 11 is 0. The largest absolute Gasteiger partial charge is 0.497 e. The van der Waals surface area contributed by atoms with Gasteiger partial charge in [-0.05, 0) is 36.2 Å². The molecule has 0 bridgehead atoms. The summed E-state index contributed by atoms with van der Waals surface area (Å²) in [4.78, 5) is 0.0525. The number of hydrogen-bond acceptors (Lipinski definition) is 5. The van der Waals surface area contributed by atoms with Crippen molar-refractivity contribution in [1.29, 1.82) is 0 Å². The molecule has 2 aromatic rings. The Labute approximate surface area is 136 Å². The normalized spacial score (nSPS) is 11.2. The van der Waals surface area contributed by atoms with E-state index in [4.69, 9.17) is 15.2 Å². The van der Waals surface area contributed by atoms with E-state index < -0.39 is 10.0 Å².